The van der Waals surface area contributed by atoms with Crippen LogP contribution in [0.4, 0.5) is 19.0 Å². The highest BCUT2D eigenvalue weighted by Gasteiger charge is 2.56. The normalized spacial score (nSPS) is 34.1. The number of pyridine rings is 1. The molecule has 3 atom stereocenters. The molecule has 1 N–H and O–H groups in total. The zero-order valence-electron chi connectivity index (χ0n) is 20.3. The van der Waals surface area contributed by atoms with Crippen molar-refractivity contribution in [1.29, 1.82) is 5.26 Å². The molecule has 190 valence electrons. The second kappa shape index (κ2) is 9.25. The summed E-state index contributed by atoms with van der Waals surface area (Å²) in [7, 11) is 1.85. The Hall–Kier alpha value is -2.38. The number of amidine groups is 1. The predicted octanol–water partition coefficient (Wildman–Crippen LogP) is 3.67. The first-order chi connectivity index (χ1) is 16.7. The molecule has 0 spiro atoms. The number of nitrogens with zero attached hydrogens (tertiary/aromatic N) is 5. The van der Waals surface area contributed by atoms with Gasteiger partial charge in [-0.2, -0.15) is 23.4 Å². The topological polar surface area (TPSA) is 76.8 Å². The highest BCUT2D eigenvalue weighted by molar-refractivity contribution is 5.88. The first-order valence-corrected chi connectivity index (χ1v) is 12.5. The van der Waals surface area contributed by atoms with Crippen LogP contribution in [-0.4, -0.2) is 66.7 Å². The number of rotatable bonds is 5. The van der Waals surface area contributed by atoms with E-state index < -0.39 is 11.7 Å². The summed E-state index contributed by atoms with van der Waals surface area (Å²) in [5, 5.41) is 13.1. The van der Waals surface area contributed by atoms with Gasteiger partial charge in [-0.25, -0.2) is 4.98 Å². The smallest absolute Gasteiger partial charge is 0.378 e. The van der Waals surface area contributed by atoms with Crippen LogP contribution in [0.3, 0.4) is 0 Å². The Bertz CT molecular complexity index is 966. The van der Waals surface area contributed by atoms with Crippen molar-refractivity contribution in [2.24, 2.45) is 22.7 Å². The number of aromatic nitrogens is 1. The fourth-order valence-electron chi connectivity index (χ4n) is 7.16. The van der Waals surface area contributed by atoms with Crippen LogP contribution in [0.15, 0.2) is 23.3 Å². The van der Waals surface area contributed by atoms with Crippen molar-refractivity contribution in [2.75, 3.05) is 38.2 Å². The van der Waals surface area contributed by atoms with Crippen molar-refractivity contribution in [1.82, 2.24) is 15.2 Å². The molecular formula is C25H33F3N6O. The van der Waals surface area contributed by atoms with Crippen LogP contribution in [0, 0.1) is 29.2 Å². The number of nitrogens with one attached hydrogen (secondary N) is 1. The van der Waals surface area contributed by atoms with E-state index in [9.17, 15) is 18.4 Å². The van der Waals surface area contributed by atoms with Crippen LogP contribution in [0.2, 0.25) is 0 Å². The molecule has 35 heavy (non-hydrogen) atoms. The molecule has 0 amide bonds. The fraction of sp³-hybridized carbons (Fsp3) is 0.720. The first kappa shape index (κ1) is 24.3. The molecule has 10 heteroatoms. The molecule has 0 aromatic carbocycles. The highest BCUT2D eigenvalue weighted by Crippen LogP contribution is 2.57. The molecule has 4 bridgehead atoms. The van der Waals surface area contributed by atoms with Gasteiger partial charge in [-0.05, 0) is 68.9 Å². The summed E-state index contributed by atoms with van der Waals surface area (Å²) in [5.41, 5.74) is -0.701. The zero-order chi connectivity index (χ0) is 24.8. The number of hydrogen-bond acceptors (Lipinski definition) is 6. The van der Waals surface area contributed by atoms with Crippen molar-refractivity contribution in [3.05, 3.63) is 23.9 Å². The largest absolute Gasteiger partial charge is 0.417 e. The van der Waals surface area contributed by atoms with E-state index in [0.29, 0.717) is 49.9 Å². The minimum Gasteiger partial charge on any atom is -0.378 e. The first-order valence-electron chi connectivity index (χ1n) is 12.5. The number of alkyl halides is 3. The van der Waals surface area contributed by atoms with Crippen molar-refractivity contribution in [3.63, 3.8) is 0 Å². The summed E-state index contributed by atoms with van der Waals surface area (Å²) in [5.74, 6) is 3.10. The van der Waals surface area contributed by atoms with E-state index in [-0.39, 0.29) is 11.6 Å². The maximum Gasteiger partial charge on any atom is 0.417 e. The van der Waals surface area contributed by atoms with Gasteiger partial charge in [0, 0.05) is 45.5 Å². The number of ether oxygens (including phenoxy) is 1. The number of piperazine rings is 1. The van der Waals surface area contributed by atoms with Crippen LogP contribution in [0.1, 0.15) is 44.6 Å². The minimum absolute atomic E-state index is 0.0372. The predicted molar refractivity (Wildman–Crippen MR) is 126 cm³/mol. The van der Waals surface area contributed by atoms with E-state index in [1.54, 1.807) is 0 Å². The number of methoxy groups -OCH3 is 1. The molecule has 1 saturated heterocycles. The lowest BCUT2D eigenvalue weighted by Crippen LogP contribution is -2.64. The molecule has 4 aliphatic carbocycles. The van der Waals surface area contributed by atoms with Crippen LogP contribution < -0.4 is 10.2 Å². The van der Waals surface area contributed by atoms with Gasteiger partial charge in [0.2, 0.25) is 6.19 Å². The van der Waals surface area contributed by atoms with E-state index in [0.717, 1.165) is 36.9 Å². The average molecular weight is 491 g/mol. The van der Waals surface area contributed by atoms with Crippen molar-refractivity contribution < 1.29 is 17.9 Å². The van der Waals surface area contributed by atoms with E-state index >= 15 is 0 Å². The average Bonchev–Trinajstić information content (AvgIpc) is 2.84. The molecule has 0 radical (unpaired) electrons. The molecule has 1 aromatic heterocycles. The van der Waals surface area contributed by atoms with E-state index in [4.69, 9.17) is 4.74 Å². The standard InChI is InChI=1S/C25H33F3N6O/c1-16(33-5-7-34(8-6-33)21-4-3-20(14-30-21)25(26,27)28)23(31-15-29)32-22-18-9-17-10-19(22)13-24(11-17,12-18)35-2/h3-4,14,16-19,22H,5-13H2,1-2H3,(H,31,32). The van der Waals surface area contributed by atoms with E-state index in [1.165, 1.54) is 25.3 Å². The summed E-state index contributed by atoms with van der Waals surface area (Å²) in [6.07, 6.45) is 4.25. The van der Waals surface area contributed by atoms with Crippen LogP contribution in [-0.2, 0) is 10.9 Å². The maximum atomic E-state index is 12.8. The van der Waals surface area contributed by atoms with Gasteiger partial charge in [-0.3, -0.25) is 4.90 Å². The van der Waals surface area contributed by atoms with Gasteiger partial charge in [0.15, 0.2) is 0 Å². The van der Waals surface area contributed by atoms with Gasteiger partial charge in [0.25, 0.3) is 0 Å². The molecule has 7 nitrogen and oxygen atoms in total. The molecule has 6 rings (SSSR count). The van der Waals surface area contributed by atoms with Crippen molar-refractivity contribution >= 4 is 11.7 Å². The summed E-state index contributed by atoms with van der Waals surface area (Å²) >= 11 is 0. The lowest BCUT2D eigenvalue weighted by atomic mass is 9.52. The number of nitriles is 1. The Balaban J connectivity index is 1.21. The number of aliphatic imine (C=N–C) groups is 1. The van der Waals surface area contributed by atoms with Gasteiger partial charge >= 0.3 is 6.18 Å². The molecule has 1 aliphatic heterocycles. The molecule has 3 unspecified atom stereocenters. The Morgan fingerprint density at radius 3 is 2.43 bits per heavy atom. The summed E-state index contributed by atoms with van der Waals surface area (Å²) < 4.78 is 44.5. The minimum atomic E-state index is -4.38. The van der Waals surface area contributed by atoms with Crippen molar-refractivity contribution in [3.8, 4) is 6.19 Å². The third-order valence-corrected chi connectivity index (χ3v) is 8.79. The van der Waals surface area contributed by atoms with Gasteiger partial charge in [-0.15, -0.1) is 0 Å². The zero-order valence-corrected chi connectivity index (χ0v) is 20.3. The maximum absolute atomic E-state index is 12.8. The molecule has 5 aliphatic rings. The molecule has 4 saturated carbocycles. The summed E-state index contributed by atoms with van der Waals surface area (Å²) in [6.45, 7) is 4.79. The Morgan fingerprint density at radius 1 is 1.20 bits per heavy atom. The Kier molecular flexibility index (Phi) is 6.43. The van der Waals surface area contributed by atoms with Crippen molar-refractivity contribution in [2.45, 2.75) is 62.9 Å². The molecule has 5 fully saturated rings. The third-order valence-electron chi connectivity index (χ3n) is 8.79. The van der Waals surface area contributed by atoms with E-state index in [2.05, 4.69) is 27.1 Å². The lowest BCUT2D eigenvalue weighted by molar-refractivity contribution is -0.155. The van der Waals surface area contributed by atoms with Gasteiger partial charge in [-0.1, -0.05) is 0 Å². The summed E-state index contributed by atoms with van der Waals surface area (Å²) in [4.78, 5) is 12.5. The number of hydrogen-bond donors (Lipinski definition) is 1. The van der Waals surface area contributed by atoms with Gasteiger partial charge in [0.05, 0.1) is 17.2 Å². The van der Waals surface area contributed by atoms with Crippen LogP contribution in [0.25, 0.3) is 0 Å². The van der Waals surface area contributed by atoms with E-state index in [1.807, 2.05) is 18.2 Å². The number of anilines is 1. The van der Waals surface area contributed by atoms with Gasteiger partial charge < -0.3 is 15.0 Å². The number of halogens is 3. The fourth-order valence-corrected chi connectivity index (χ4v) is 7.16. The Morgan fingerprint density at radius 2 is 1.89 bits per heavy atom. The van der Waals surface area contributed by atoms with Crippen LogP contribution in [0.5, 0.6) is 0 Å². The Labute approximate surface area is 204 Å². The quantitative estimate of drug-likeness (QED) is 0.386. The second-order valence-electron chi connectivity index (χ2n) is 10.7. The second-order valence-corrected chi connectivity index (χ2v) is 10.7. The lowest BCUT2D eigenvalue weighted by Gasteiger charge is -2.59. The molecular weight excluding hydrogens is 457 g/mol. The van der Waals surface area contributed by atoms with Crippen LogP contribution >= 0.6 is 0 Å². The third kappa shape index (κ3) is 4.73. The molecule has 2 heterocycles. The monoisotopic (exact) mass is 490 g/mol. The molecule has 1 aromatic rings. The summed E-state index contributed by atoms with van der Waals surface area (Å²) in [6, 6.07) is 2.79. The van der Waals surface area contributed by atoms with Gasteiger partial charge in [0.1, 0.15) is 11.7 Å². The highest BCUT2D eigenvalue weighted by atomic mass is 19.4. The SMILES string of the molecule is COC12CC3CC(C1)C(N/C(=N/C#N)C(C)N1CCN(c4ccc(C(F)(F)F)cn4)CC1)C(C3)C2.